The van der Waals surface area contributed by atoms with Crippen LogP contribution in [0.3, 0.4) is 0 Å². The third kappa shape index (κ3) is 2.86. The predicted octanol–water partition coefficient (Wildman–Crippen LogP) is 3.61. The highest BCUT2D eigenvalue weighted by Gasteiger charge is 2.27. The summed E-state index contributed by atoms with van der Waals surface area (Å²) in [6.07, 6.45) is 1.35. The van der Waals surface area contributed by atoms with Crippen LogP contribution >= 0.6 is 34.8 Å². The molecule has 3 N–H and O–H groups in total. The van der Waals surface area contributed by atoms with E-state index in [4.69, 9.17) is 40.5 Å². The fraction of sp³-hybridized carbons (Fsp3) is 0.417. The molecule has 0 bridgehead atoms. The van der Waals surface area contributed by atoms with Gasteiger partial charge in [-0.15, -0.1) is 0 Å². The lowest BCUT2D eigenvalue weighted by Gasteiger charge is -2.31. The van der Waals surface area contributed by atoms with Gasteiger partial charge in [0.05, 0.1) is 15.1 Å². The summed E-state index contributed by atoms with van der Waals surface area (Å²) >= 11 is 18.0. The molecule has 1 aromatic rings. The summed E-state index contributed by atoms with van der Waals surface area (Å²) in [5.74, 6) is 0.0785. The van der Waals surface area contributed by atoms with Gasteiger partial charge in [0.25, 0.3) is 0 Å². The van der Waals surface area contributed by atoms with E-state index in [2.05, 4.69) is 0 Å². The molecule has 0 aliphatic carbocycles. The van der Waals surface area contributed by atoms with Crippen molar-refractivity contribution >= 4 is 40.8 Å². The van der Waals surface area contributed by atoms with E-state index in [-0.39, 0.29) is 26.7 Å². The third-order valence-electron chi connectivity index (χ3n) is 3.39. The summed E-state index contributed by atoms with van der Waals surface area (Å²) in [5.41, 5.74) is 5.83. The highest BCUT2D eigenvalue weighted by molar-refractivity contribution is 6.48. The molecule has 0 saturated carbocycles. The molecule has 2 amide bonds. The molecule has 0 aromatic heterocycles. The number of benzene rings is 1. The van der Waals surface area contributed by atoms with Crippen LogP contribution in [0, 0.1) is 0 Å². The molecule has 19 heavy (non-hydrogen) atoms. The van der Waals surface area contributed by atoms with E-state index in [0.717, 1.165) is 0 Å². The van der Waals surface area contributed by atoms with E-state index < -0.39 is 6.03 Å². The van der Waals surface area contributed by atoms with Gasteiger partial charge in [0, 0.05) is 24.7 Å². The number of rotatable bonds is 1. The van der Waals surface area contributed by atoms with Gasteiger partial charge < -0.3 is 15.7 Å². The van der Waals surface area contributed by atoms with Gasteiger partial charge in [-0.05, 0) is 18.8 Å². The average Bonchev–Trinajstić information content (AvgIpc) is 2.37. The van der Waals surface area contributed by atoms with Gasteiger partial charge in [-0.3, -0.25) is 0 Å². The first-order valence-electron chi connectivity index (χ1n) is 5.82. The number of nitrogens with two attached hydrogens (primary N) is 1. The van der Waals surface area contributed by atoms with E-state index in [9.17, 15) is 9.90 Å². The second-order valence-electron chi connectivity index (χ2n) is 4.52. The van der Waals surface area contributed by atoms with E-state index in [1.165, 1.54) is 6.07 Å². The number of phenolic OH excluding ortho intramolecular Hbond substituents is 1. The standard InChI is InChI=1S/C12H13Cl3N2O2/c13-7-5-8(18)9(11(15)10(7)14)6-1-3-17(4-2-6)12(16)19/h5-6,18H,1-4H2,(H2,16,19). The van der Waals surface area contributed by atoms with Crippen LogP contribution in [0.4, 0.5) is 4.79 Å². The van der Waals surface area contributed by atoms with E-state index in [1.54, 1.807) is 4.90 Å². The highest BCUT2D eigenvalue weighted by Crippen LogP contribution is 2.44. The summed E-state index contributed by atoms with van der Waals surface area (Å²) in [6.45, 7) is 1.08. The number of piperidine rings is 1. The fourth-order valence-corrected chi connectivity index (χ4v) is 3.13. The lowest BCUT2D eigenvalue weighted by atomic mass is 9.89. The van der Waals surface area contributed by atoms with Crippen molar-refractivity contribution in [3.63, 3.8) is 0 Å². The van der Waals surface area contributed by atoms with Crippen LogP contribution < -0.4 is 5.73 Å². The first-order chi connectivity index (χ1) is 8.91. The Morgan fingerprint density at radius 2 is 1.84 bits per heavy atom. The largest absolute Gasteiger partial charge is 0.508 e. The van der Waals surface area contributed by atoms with Crippen LogP contribution in [-0.4, -0.2) is 29.1 Å². The Bertz CT molecular complexity index is 514. The molecule has 2 rings (SSSR count). The number of amides is 2. The maximum absolute atomic E-state index is 11.1. The van der Waals surface area contributed by atoms with Gasteiger partial charge in [0.15, 0.2) is 0 Å². The molecule has 1 aliphatic rings. The summed E-state index contributed by atoms with van der Waals surface area (Å²) in [4.78, 5) is 12.6. The molecular weight excluding hydrogens is 311 g/mol. The molecule has 1 aromatic carbocycles. The Balaban J connectivity index is 2.25. The maximum atomic E-state index is 11.1. The number of hydrogen-bond donors (Lipinski definition) is 2. The number of carbonyl (C=O) groups is 1. The third-order valence-corrected chi connectivity index (χ3v) is 4.67. The van der Waals surface area contributed by atoms with E-state index in [1.807, 2.05) is 0 Å². The second-order valence-corrected chi connectivity index (χ2v) is 5.68. The van der Waals surface area contributed by atoms with Gasteiger partial charge in [-0.2, -0.15) is 0 Å². The van der Waals surface area contributed by atoms with Crippen LogP contribution in [0.15, 0.2) is 6.07 Å². The summed E-state index contributed by atoms with van der Waals surface area (Å²) in [7, 11) is 0. The predicted molar refractivity (Wildman–Crippen MR) is 76.3 cm³/mol. The first kappa shape index (κ1) is 14.6. The van der Waals surface area contributed by atoms with Gasteiger partial charge >= 0.3 is 6.03 Å². The molecule has 104 valence electrons. The number of phenols is 1. The fourth-order valence-electron chi connectivity index (χ4n) is 2.37. The smallest absolute Gasteiger partial charge is 0.314 e. The normalized spacial score (nSPS) is 16.7. The number of halogens is 3. The second kappa shape index (κ2) is 5.65. The number of urea groups is 1. The van der Waals surface area contributed by atoms with Crippen LogP contribution in [0.2, 0.25) is 15.1 Å². The van der Waals surface area contributed by atoms with E-state index in [0.29, 0.717) is 31.5 Å². The van der Waals surface area contributed by atoms with Crippen molar-refractivity contribution < 1.29 is 9.90 Å². The number of aromatic hydroxyl groups is 1. The Morgan fingerprint density at radius 3 is 2.37 bits per heavy atom. The zero-order valence-corrected chi connectivity index (χ0v) is 12.3. The minimum atomic E-state index is -0.428. The Labute approximate surface area is 126 Å². The van der Waals surface area contributed by atoms with Crippen molar-refractivity contribution in [1.82, 2.24) is 4.90 Å². The molecule has 1 aliphatic heterocycles. The van der Waals surface area contributed by atoms with Crippen molar-refractivity contribution in [3.8, 4) is 5.75 Å². The van der Waals surface area contributed by atoms with E-state index >= 15 is 0 Å². The minimum Gasteiger partial charge on any atom is -0.508 e. The number of nitrogens with zero attached hydrogens (tertiary/aromatic N) is 1. The molecule has 0 radical (unpaired) electrons. The number of hydrogen-bond acceptors (Lipinski definition) is 2. The highest BCUT2D eigenvalue weighted by atomic mass is 35.5. The Morgan fingerprint density at radius 1 is 1.26 bits per heavy atom. The van der Waals surface area contributed by atoms with Crippen molar-refractivity contribution in [3.05, 3.63) is 26.7 Å². The SMILES string of the molecule is NC(=O)N1CCC(c2c(O)cc(Cl)c(Cl)c2Cl)CC1. The lowest BCUT2D eigenvalue weighted by molar-refractivity contribution is 0.190. The Hall–Kier alpha value is -0.840. The molecular formula is C12H13Cl3N2O2. The molecule has 0 unspecified atom stereocenters. The average molecular weight is 324 g/mol. The van der Waals surface area contributed by atoms with Crippen molar-refractivity contribution in [1.29, 1.82) is 0 Å². The van der Waals surface area contributed by atoms with Crippen LogP contribution in [-0.2, 0) is 0 Å². The molecule has 0 spiro atoms. The van der Waals surface area contributed by atoms with Gasteiger partial charge in [-0.1, -0.05) is 34.8 Å². The van der Waals surface area contributed by atoms with Crippen molar-refractivity contribution in [2.24, 2.45) is 5.73 Å². The van der Waals surface area contributed by atoms with Crippen LogP contribution in [0.25, 0.3) is 0 Å². The van der Waals surface area contributed by atoms with Gasteiger partial charge in [0.2, 0.25) is 0 Å². The quantitative estimate of drug-likeness (QED) is 0.775. The molecule has 1 heterocycles. The zero-order chi connectivity index (χ0) is 14.2. The number of carbonyl (C=O) groups excluding carboxylic acids is 1. The zero-order valence-electron chi connectivity index (χ0n) is 10.00. The molecule has 0 atom stereocenters. The monoisotopic (exact) mass is 322 g/mol. The van der Waals surface area contributed by atoms with Crippen LogP contribution in [0.5, 0.6) is 5.75 Å². The van der Waals surface area contributed by atoms with Gasteiger partial charge in [-0.25, -0.2) is 4.79 Å². The first-order valence-corrected chi connectivity index (χ1v) is 6.96. The Kier molecular flexibility index (Phi) is 4.33. The van der Waals surface area contributed by atoms with Crippen LogP contribution in [0.1, 0.15) is 24.3 Å². The topological polar surface area (TPSA) is 66.6 Å². The number of likely N-dealkylation sites (tertiary alicyclic amines) is 1. The minimum absolute atomic E-state index is 0.0388. The van der Waals surface area contributed by atoms with Crippen molar-refractivity contribution in [2.75, 3.05) is 13.1 Å². The molecule has 1 fully saturated rings. The van der Waals surface area contributed by atoms with Crippen molar-refractivity contribution in [2.45, 2.75) is 18.8 Å². The molecule has 1 saturated heterocycles. The lowest BCUT2D eigenvalue weighted by Crippen LogP contribution is -2.41. The molecule has 4 nitrogen and oxygen atoms in total. The van der Waals surface area contributed by atoms with Gasteiger partial charge in [0.1, 0.15) is 5.75 Å². The maximum Gasteiger partial charge on any atom is 0.314 e. The summed E-state index contributed by atoms with van der Waals surface area (Å²) in [6, 6.07) is 0.967. The summed E-state index contributed by atoms with van der Waals surface area (Å²) in [5, 5.41) is 10.7. The summed E-state index contributed by atoms with van der Waals surface area (Å²) < 4.78 is 0. The number of primary amides is 1. The molecule has 7 heteroatoms.